The minimum absolute atomic E-state index is 0.225. The van der Waals surface area contributed by atoms with Crippen molar-refractivity contribution < 1.29 is 18.7 Å². The molecule has 0 unspecified atom stereocenters. The molecule has 1 heterocycles. The van der Waals surface area contributed by atoms with Crippen molar-refractivity contribution in [3.05, 3.63) is 95.3 Å². The molecule has 0 atom stereocenters. The number of nitrogens with one attached hydrogen (secondary N) is 1. The first-order valence-corrected chi connectivity index (χ1v) is 10.8. The molecule has 3 aromatic carbocycles. The van der Waals surface area contributed by atoms with Crippen molar-refractivity contribution in [2.45, 2.75) is 13.5 Å². The predicted octanol–water partition coefficient (Wildman–Crippen LogP) is 4.40. The molecule has 1 fully saturated rings. The fourth-order valence-corrected chi connectivity index (χ4v) is 3.52. The highest BCUT2D eigenvalue weighted by Gasteiger charge is 2.13. The summed E-state index contributed by atoms with van der Waals surface area (Å²) < 4.78 is 24.3. The van der Waals surface area contributed by atoms with Gasteiger partial charge in [0.05, 0.1) is 24.5 Å². The number of benzene rings is 3. The lowest BCUT2D eigenvalue weighted by Crippen LogP contribution is -2.36. The Hall–Kier alpha value is -3.71. The van der Waals surface area contributed by atoms with Gasteiger partial charge >= 0.3 is 0 Å². The quantitative estimate of drug-likeness (QED) is 0.431. The van der Waals surface area contributed by atoms with Crippen LogP contribution in [0, 0.1) is 5.82 Å². The average molecular weight is 448 g/mol. The van der Waals surface area contributed by atoms with E-state index in [1.165, 1.54) is 12.1 Å². The third kappa shape index (κ3) is 5.96. The maximum atomic E-state index is 13.1. The lowest BCUT2D eigenvalue weighted by atomic mass is 10.1. The van der Waals surface area contributed by atoms with E-state index in [1.807, 2.05) is 19.1 Å². The fraction of sp³-hybridized carbons (Fsp3) is 0.231. The molecule has 0 saturated carbocycles. The van der Waals surface area contributed by atoms with Gasteiger partial charge in [-0.05, 0) is 54.4 Å². The Balaban J connectivity index is 1.39. The maximum Gasteiger partial charge on any atom is 0.275 e. The van der Waals surface area contributed by atoms with Gasteiger partial charge in [-0.2, -0.15) is 5.10 Å². The first-order chi connectivity index (χ1) is 16.1. The van der Waals surface area contributed by atoms with Gasteiger partial charge in [0, 0.05) is 18.8 Å². The van der Waals surface area contributed by atoms with Crippen molar-refractivity contribution >= 4 is 17.3 Å². The topological polar surface area (TPSA) is 63.2 Å². The van der Waals surface area contributed by atoms with E-state index in [1.54, 1.807) is 36.4 Å². The van der Waals surface area contributed by atoms with Crippen molar-refractivity contribution in [1.29, 1.82) is 0 Å². The first-order valence-electron chi connectivity index (χ1n) is 10.8. The molecule has 0 bridgehead atoms. The van der Waals surface area contributed by atoms with Gasteiger partial charge in [-0.1, -0.05) is 36.4 Å². The van der Waals surface area contributed by atoms with Crippen LogP contribution < -0.4 is 15.1 Å². The Morgan fingerprint density at radius 3 is 2.45 bits per heavy atom. The number of halogens is 1. The van der Waals surface area contributed by atoms with Crippen molar-refractivity contribution in [3.8, 4) is 5.75 Å². The van der Waals surface area contributed by atoms with E-state index in [-0.39, 0.29) is 18.3 Å². The van der Waals surface area contributed by atoms with Crippen molar-refractivity contribution in [2.24, 2.45) is 5.10 Å². The number of nitrogens with zero attached hydrogens (tertiary/aromatic N) is 2. The van der Waals surface area contributed by atoms with Crippen LogP contribution in [0.4, 0.5) is 10.1 Å². The summed E-state index contributed by atoms with van der Waals surface area (Å²) in [6.45, 7) is 5.31. The number of para-hydroxylation sites is 1. The van der Waals surface area contributed by atoms with E-state index >= 15 is 0 Å². The molecule has 0 radical (unpaired) electrons. The zero-order valence-corrected chi connectivity index (χ0v) is 18.5. The van der Waals surface area contributed by atoms with Crippen LogP contribution in [0.25, 0.3) is 0 Å². The Morgan fingerprint density at radius 1 is 1.03 bits per heavy atom. The Kier molecular flexibility index (Phi) is 7.32. The third-order valence-electron chi connectivity index (χ3n) is 5.43. The molecular formula is C26H26FN3O3. The standard InChI is InChI=1S/C26H26FN3O3/c1-19(21-8-12-23(13-9-21)30-14-16-32-17-15-30)28-29-26(31)24-4-2-3-5-25(24)33-18-20-6-10-22(27)11-7-20/h2-13H,14-18H2,1H3,(H,29,31)/b28-19+. The largest absolute Gasteiger partial charge is 0.488 e. The molecular weight excluding hydrogens is 421 g/mol. The highest BCUT2D eigenvalue weighted by molar-refractivity contribution is 6.01. The van der Waals surface area contributed by atoms with Gasteiger partial charge in [-0.25, -0.2) is 9.82 Å². The molecule has 1 N–H and O–H groups in total. The summed E-state index contributed by atoms with van der Waals surface area (Å²) in [7, 11) is 0. The minimum atomic E-state index is -0.367. The third-order valence-corrected chi connectivity index (χ3v) is 5.43. The van der Waals surface area contributed by atoms with Crippen LogP contribution in [-0.4, -0.2) is 37.9 Å². The van der Waals surface area contributed by atoms with Crippen LogP contribution >= 0.6 is 0 Å². The average Bonchev–Trinajstić information content (AvgIpc) is 2.87. The van der Waals surface area contributed by atoms with Crippen molar-refractivity contribution in [2.75, 3.05) is 31.2 Å². The molecule has 4 rings (SSSR count). The second kappa shape index (κ2) is 10.7. The molecule has 1 aliphatic heterocycles. The smallest absolute Gasteiger partial charge is 0.275 e. The zero-order valence-electron chi connectivity index (χ0n) is 18.5. The van der Waals surface area contributed by atoms with Crippen molar-refractivity contribution in [3.63, 3.8) is 0 Å². The maximum absolute atomic E-state index is 13.1. The van der Waals surface area contributed by atoms with Gasteiger partial charge < -0.3 is 14.4 Å². The Bertz CT molecular complexity index is 1110. The Morgan fingerprint density at radius 2 is 1.73 bits per heavy atom. The minimum Gasteiger partial charge on any atom is -0.488 e. The van der Waals surface area contributed by atoms with E-state index in [0.717, 1.165) is 43.1 Å². The van der Waals surface area contributed by atoms with Crippen LogP contribution in [0.2, 0.25) is 0 Å². The van der Waals surface area contributed by atoms with Gasteiger partial charge in [0.25, 0.3) is 5.91 Å². The van der Waals surface area contributed by atoms with Gasteiger partial charge in [-0.15, -0.1) is 0 Å². The monoisotopic (exact) mass is 447 g/mol. The van der Waals surface area contributed by atoms with E-state index in [9.17, 15) is 9.18 Å². The highest BCUT2D eigenvalue weighted by Crippen LogP contribution is 2.20. The van der Waals surface area contributed by atoms with Crippen LogP contribution in [-0.2, 0) is 11.3 Å². The molecule has 170 valence electrons. The molecule has 1 aliphatic rings. The number of carbonyl (C=O) groups is 1. The molecule has 0 spiro atoms. The molecule has 0 aliphatic carbocycles. The molecule has 7 heteroatoms. The number of hydrogen-bond acceptors (Lipinski definition) is 5. The Labute approximate surface area is 192 Å². The summed E-state index contributed by atoms with van der Waals surface area (Å²) in [5, 5.41) is 4.27. The summed E-state index contributed by atoms with van der Waals surface area (Å²) in [5.74, 6) is -0.237. The summed E-state index contributed by atoms with van der Waals surface area (Å²) in [5.41, 5.74) is 6.56. The molecule has 1 amide bonds. The van der Waals surface area contributed by atoms with Gasteiger partial charge in [0.2, 0.25) is 0 Å². The summed E-state index contributed by atoms with van der Waals surface area (Å²) >= 11 is 0. The van der Waals surface area contributed by atoms with Crippen LogP contribution in [0.15, 0.2) is 77.9 Å². The van der Waals surface area contributed by atoms with E-state index < -0.39 is 0 Å². The van der Waals surface area contributed by atoms with Crippen LogP contribution in [0.1, 0.15) is 28.4 Å². The number of anilines is 1. The molecule has 1 saturated heterocycles. The molecule has 6 nitrogen and oxygen atoms in total. The fourth-order valence-electron chi connectivity index (χ4n) is 3.52. The normalized spacial score (nSPS) is 14.1. The second-order valence-corrected chi connectivity index (χ2v) is 7.70. The number of hydrogen-bond donors (Lipinski definition) is 1. The zero-order chi connectivity index (χ0) is 23.0. The van der Waals surface area contributed by atoms with Gasteiger partial charge in [0.15, 0.2) is 0 Å². The number of rotatable bonds is 7. The SMILES string of the molecule is C/C(=N\NC(=O)c1ccccc1OCc1ccc(F)cc1)c1ccc(N2CCOCC2)cc1. The molecule has 0 aromatic heterocycles. The lowest BCUT2D eigenvalue weighted by Gasteiger charge is -2.28. The van der Waals surface area contributed by atoms with Crippen LogP contribution in [0.5, 0.6) is 5.75 Å². The van der Waals surface area contributed by atoms with E-state index in [2.05, 4.69) is 27.6 Å². The number of amides is 1. The molecule has 33 heavy (non-hydrogen) atoms. The second-order valence-electron chi connectivity index (χ2n) is 7.70. The van der Waals surface area contributed by atoms with Gasteiger partial charge in [0.1, 0.15) is 18.2 Å². The summed E-state index contributed by atoms with van der Waals surface area (Å²) in [6.07, 6.45) is 0. The highest BCUT2D eigenvalue weighted by atomic mass is 19.1. The summed E-state index contributed by atoms with van der Waals surface area (Å²) in [4.78, 5) is 15.0. The number of hydrazone groups is 1. The number of ether oxygens (including phenoxy) is 2. The molecule has 3 aromatic rings. The van der Waals surface area contributed by atoms with Gasteiger partial charge in [-0.3, -0.25) is 4.79 Å². The van der Waals surface area contributed by atoms with E-state index in [4.69, 9.17) is 9.47 Å². The lowest BCUT2D eigenvalue weighted by molar-refractivity contribution is 0.0950. The summed E-state index contributed by atoms with van der Waals surface area (Å²) in [6, 6.07) is 21.1. The first kappa shape index (κ1) is 22.5. The van der Waals surface area contributed by atoms with Crippen LogP contribution in [0.3, 0.4) is 0 Å². The van der Waals surface area contributed by atoms with Crippen molar-refractivity contribution in [1.82, 2.24) is 5.43 Å². The predicted molar refractivity (Wildman–Crippen MR) is 126 cm³/mol. The van der Waals surface area contributed by atoms with E-state index in [0.29, 0.717) is 17.0 Å². The number of carbonyl (C=O) groups excluding carboxylic acids is 1. The number of morpholine rings is 1.